The highest BCUT2D eigenvalue weighted by Gasteiger charge is 2.23. The van der Waals surface area contributed by atoms with Gasteiger partial charge in [-0.2, -0.15) is 0 Å². The lowest BCUT2D eigenvalue weighted by molar-refractivity contribution is 0.622. The van der Waals surface area contributed by atoms with E-state index in [1.165, 1.54) is 0 Å². The largest absolute Gasteiger partial charge is 0.455 e. The van der Waals surface area contributed by atoms with Gasteiger partial charge >= 0.3 is 0 Å². The number of nitrogens with zero attached hydrogens (tertiary/aromatic N) is 4. The fourth-order valence-corrected chi connectivity index (χ4v) is 5.34. The highest BCUT2D eigenvalue weighted by molar-refractivity contribution is 6.10. The molecule has 6 aromatic rings. The Morgan fingerprint density at radius 2 is 0.878 bits per heavy atom. The van der Waals surface area contributed by atoms with Crippen LogP contribution >= 0.6 is 0 Å². The maximum atomic E-state index is 6.55. The molecule has 8 rings (SSSR count). The van der Waals surface area contributed by atoms with Gasteiger partial charge in [0, 0.05) is 33.0 Å². The minimum Gasteiger partial charge on any atom is -0.455 e. The number of hydrogen-bond donors (Lipinski definition) is 0. The highest BCUT2D eigenvalue weighted by Crippen LogP contribution is 2.44. The van der Waals surface area contributed by atoms with Crippen molar-refractivity contribution in [1.82, 2.24) is 19.9 Å². The Morgan fingerprint density at radius 3 is 1.51 bits per heavy atom. The van der Waals surface area contributed by atoms with Crippen molar-refractivity contribution in [1.29, 1.82) is 0 Å². The maximum Gasteiger partial charge on any atom is 0.164 e. The predicted molar refractivity (Wildman–Crippen MR) is 163 cm³/mol. The Labute approximate surface area is 236 Å². The fraction of sp³-hybridized carbons (Fsp3) is 0. The summed E-state index contributed by atoms with van der Waals surface area (Å²) in [4.78, 5) is 19.5. The number of fused-ring (bicyclic) bond motifs is 5. The van der Waals surface area contributed by atoms with Crippen LogP contribution in [0.15, 0.2) is 138 Å². The Morgan fingerprint density at radius 1 is 0.390 bits per heavy atom. The molecular formula is C36H22N4O. The van der Waals surface area contributed by atoms with Gasteiger partial charge in [0.1, 0.15) is 11.3 Å². The Balaban J connectivity index is 1.28. The lowest BCUT2D eigenvalue weighted by atomic mass is 9.98. The lowest BCUT2D eigenvalue weighted by Gasteiger charge is -2.12. The van der Waals surface area contributed by atoms with Crippen LogP contribution in [0.1, 0.15) is 0 Å². The molecule has 2 aliphatic rings. The number of rotatable bonds is 4. The predicted octanol–water partition coefficient (Wildman–Crippen LogP) is 8.94. The van der Waals surface area contributed by atoms with Crippen molar-refractivity contribution in [3.05, 3.63) is 133 Å². The first-order chi connectivity index (χ1) is 20.3. The van der Waals surface area contributed by atoms with Gasteiger partial charge in [-0.1, -0.05) is 115 Å². The van der Waals surface area contributed by atoms with E-state index in [0.29, 0.717) is 17.5 Å². The van der Waals surface area contributed by atoms with Gasteiger partial charge in [-0.15, -0.1) is 0 Å². The van der Waals surface area contributed by atoms with E-state index in [4.69, 9.17) is 24.4 Å². The van der Waals surface area contributed by atoms with Crippen LogP contribution in [0.2, 0.25) is 0 Å². The van der Waals surface area contributed by atoms with Crippen LogP contribution in [0.3, 0.4) is 0 Å². The number of aromatic nitrogens is 4. The van der Waals surface area contributed by atoms with E-state index in [-0.39, 0.29) is 0 Å². The number of benzene rings is 5. The van der Waals surface area contributed by atoms with Crippen LogP contribution in [0, 0.1) is 0 Å². The van der Waals surface area contributed by atoms with E-state index >= 15 is 0 Å². The Kier molecular flexibility index (Phi) is 5.38. The molecule has 0 aliphatic carbocycles. The first-order valence-corrected chi connectivity index (χ1v) is 13.5. The van der Waals surface area contributed by atoms with E-state index in [1.807, 2.05) is 109 Å². The molecule has 0 unspecified atom stereocenters. The summed E-state index contributed by atoms with van der Waals surface area (Å²) in [5, 5.41) is 2.08. The summed E-state index contributed by atoms with van der Waals surface area (Å²) in [7, 11) is 0. The van der Waals surface area contributed by atoms with Crippen LogP contribution in [0.5, 0.6) is 0 Å². The van der Waals surface area contributed by atoms with E-state index < -0.39 is 0 Å². The third kappa shape index (κ3) is 4.03. The van der Waals surface area contributed by atoms with Gasteiger partial charge in [-0.3, -0.25) is 0 Å². The second-order valence-electron chi connectivity index (χ2n) is 9.90. The zero-order valence-corrected chi connectivity index (χ0v) is 21.9. The van der Waals surface area contributed by atoms with Crippen molar-refractivity contribution >= 4 is 21.9 Å². The monoisotopic (exact) mass is 526 g/mol. The van der Waals surface area contributed by atoms with Crippen molar-refractivity contribution in [2.75, 3.05) is 0 Å². The van der Waals surface area contributed by atoms with Gasteiger partial charge in [0.2, 0.25) is 0 Å². The van der Waals surface area contributed by atoms with Gasteiger partial charge in [-0.05, 0) is 18.2 Å². The first-order valence-electron chi connectivity index (χ1n) is 13.5. The molecule has 0 bridgehead atoms. The van der Waals surface area contributed by atoms with Crippen LogP contribution in [-0.2, 0) is 0 Å². The molecule has 0 fully saturated rings. The average Bonchev–Trinajstić information content (AvgIpc) is 3.45. The van der Waals surface area contributed by atoms with Crippen molar-refractivity contribution in [3.8, 4) is 56.7 Å². The Bertz CT molecular complexity index is 2080. The van der Waals surface area contributed by atoms with Crippen molar-refractivity contribution < 1.29 is 4.42 Å². The topological polar surface area (TPSA) is 64.7 Å². The molecule has 0 saturated carbocycles. The second-order valence-corrected chi connectivity index (χ2v) is 9.90. The molecule has 3 heterocycles. The van der Waals surface area contributed by atoms with Gasteiger partial charge in [-0.25, -0.2) is 19.9 Å². The standard InChI is InChI=1S/C36H22N4O/c1-3-11-24(12-4-1)34-38-35(25-13-5-2-6-14-25)40-36(39-34)26-21-19-23(20-22-26)33-31-27-15-7-9-17-29(27)37-32(31)28-16-8-10-18-30(28)41-33/h1-22H. The Hall–Kier alpha value is -5.68. The van der Waals surface area contributed by atoms with Crippen molar-refractivity contribution in [3.63, 3.8) is 0 Å². The van der Waals surface area contributed by atoms with Crippen LogP contribution in [-0.4, -0.2) is 19.9 Å². The third-order valence-corrected chi connectivity index (χ3v) is 7.33. The molecule has 0 N–H and O–H groups in total. The van der Waals surface area contributed by atoms with E-state index in [9.17, 15) is 0 Å². The smallest absolute Gasteiger partial charge is 0.164 e. The zero-order valence-electron chi connectivity index (χ0n) is 21.9. The maximum absolute atomic E-state index is 6.55. The molecule has 41 heavy (non-hydrogen) atoms. The summed E-state index contributed by atoms with van der Waals surface area (Å²) < 4.78 is 6.55. The molecule has 0 radical (unpaired) electrons. The van der Waals surface area contributed by atoms with Crippen molar-refractivity contribution in [2.45, 2.75) is 0 Å². The minimum absolute atomic E-state index is 0.616. The molecule has 0 spiro atoms. The first kappa shape index (κ1) is 23.2. The van der Waals surface area contributed by atoms with E-state index in [2.05, 4.69) is 24.3 Å². The summed E-state index contributed by atoms with van der Waals surface area (Å²) in [6.45, 7) is 0. The summed E-state index contributed by atoms with van der Waals surface area (Å²) >= 11 is 0. The highest BCUT2D eigenvalue weighted by atomic mass is 16.3. The lowest BCUT2D eigenvalue weighted by Crippen LogP contribution is -2.00. The summed E-state index contributed by atoms with van der Waals surface area (Å²) in [6, 6.07) is 44.5. The fourth-order valence-electron chi connectivity index (χ4n) is 5.34. The SMILES string of the molecule is c1ccc(-c2nc(-c3ccccc3)nc(-c3ccc(-c4oc5ccccc5c5nc6ccccc6c4-5)cc3)n2)cc1. The molecule has 2 aliphatic heterocycles. The van der Waals surface area contributed by atoms with Crippen molar-refractivity contribution in [2.24, 2.45) is 0 Å². The second kappa shape index (κ2) is 9.50. The van der Waals surface area contributed by atoms with E-state index in [0.717, 1.165) is 61.1 Å². The molecule has 192 valence electrons. The molecule has 5 aromatic carbocycles. The van der Waals surface area contributed by atoms with Gasteiger partial charge < -0.3 is 4.42 Å². The summed E-state index contributed by atoms with van der Waals surface area (Å²) in [5.74, 6) is 2.69. The molecule has 0 atom stereocenters. The molecule has 0 saturated heterocycles. The van der Waals surface area contributed by atoms with Gasteiger partial charge in [0.25, 0.3) is 0 Å². The molecule has 1 aromatic heterocycles. The van der Waals surface area contributed by atoms with Crippen LogP contribution < -0.4 is 0 Å². The quantitative estimate of drug-likeness (QED) is 0.229. The van der Waals surface area contributed by atoms with Gasteiger partial charge in [0.05, 0.1) is 16.8 Å². The van der Waals surface area contributed by atoms with Crippen LogP contribution in [0.25, 0.3) is 78.6 Å². The minimum atomic E-state index is 0.616. The average molecular weight is 527 g/mol. The van der Waals surface area contributed by atoms with E-state index in [1.54, 1.807) is 0 Å². The summed E-state index contributed by atoms with van der Waals surface area (Å²) in [5.41, 5.74) is 7.47. The molecule has 5 heteroatoms. The number of hydrogen-bond acceptors (Lipinski definition) is 5. The molecular weight excluding hydrogens is 504 g/mol. The third-order valence-electron chi connectivity index (χ3n) is 7.33. The molecule has 0 amide bonds. The number of para-hydroxylation sites is 2. The van der Waals surface area contributed by atoms with Gasteiger partial charge in [0.15, 0.2) is 17.5 Å². The van der Waals surface area contributed by atoms with Crippen LogP contribution in [0.4, 0.5) is 0 Å². The molecule has 5 nitrogen and oxygen atoms in total. The summed E-state index contributed by atoms with van der Waals surface area (Å²) in [6.07, 6.45) is 0. The zero-order chi connectivity index (χ0) is 27.2. The normalized spacial score (nSPS) is 11.4.